The average molecular weight is 267 g/mol. The van der Waals surface area contributed by atoms with Gasteiger partial charge in [-0.15, -0.1) is 10.2 Å². The lowest BCUT2D eigenvalue weighted by Gasteiger charge is -2.16. The van der Waals surface area contributed by atoms with Gasteiger partial charge in [0.2, 0.25) is 0 Å². The third-order valence-electron chi connectivity index (χ3n) is 3.64. The molecule has 4 heteroatoms. The van der Waals surface area contributed by atoms with E-state index in [0.717, 1.165) is 18.1 Å². The summed E-state index contributed by atoms with van der Waals surface area (Å²) in [6, 6.07) is 0. The molecule has 0 radical (unpaired) electrons. The lowest BCUT2D eigenvalue weighted by atomic mass is 9.92. The Hall–Kier alpha value is -0.480. The second-order valence-electron chi connectivity index (χ2n) is 5.25. The number of hydrogen-bond acceptors (Lipinski definition) is 4. The van der Waals surface area contributed by atoms with Crippen LogP contribution in [-0.4, -0.2) is 16.7 Å². The summed E-state index contributed by atoms with van der Waals surface area (Å²) >= 11 is 1.82. The highest BCUT2D eigenvalue weighted by molar-refractivity contribution is 7.11. The minimum Gasteiger partial charge on any atom is -0.310 e. The molecule has 0 saturated heterocycles. The van der Waals surface area contributed by atoms with E-state index in [1.165, 1.54) is 56.4 Å². The third kappa shape index (κ3) is 4.32. The van der Waals surface area contributed by atoms with Crippen LogP contribution in [0.4, 0.5) is 0 Å². The average Bonchev–Trinajstić information content (AvgIpc) is 2.78. The fourth-order valence-electron chi connectivity index (χ4n) is 2.58. The van der Waals surface area contributed by atoms with Gasteiger partial charge in [0.05, 0.1) is 0 Å². The molecule has 0 unspecified atom stereocenters. The van der Waals surface area contributed by atoms with Crippen LogP contribution in [0.2, 0.25) is 0 Å². The number of rotatable bonds is 5. The number of hydrogen-bond donors (Lipinski definition) is 1. The highest BCUT2D eigenvalue weighted by Gasteiger charge is 2.17. The van der Waals surface area contributed by atoms with Gasteiger partial charge in [0, 0.05) is 12.5 Å². The van der Waals surface area contributed by atoms with Crippen LogP contribution in [0.1, 0.15) is 74.2 Å². The minimum absolute atomic E-state index is 0.683. The Morgan fingerprint density at radius 3 is 2.56 bits per heavy atom. The quantitative estimate of drug-likeness (QED) is 0.823. The first-order chi connectivity index (χ1) is 8.90. The van der Waals surface area contributed by atoms with Crippen molar-refractivity contribution in [2.24, 2.45) is 0 Å². The Bertz CT molecular complexity index is 330. The molecule has 1 fully saturated rings. The van der Waals surface area contributed by atoms with Crippen LogP contribution in [0.3, 0.4) is 0 Å². The predicted octanol–water partition coefficient (Wildman–Crippen LogP) is 3.87. The van der Waals surface area contributed by atoms with Crippen molar-refractivity contribution < 1.29 is 0 Å². The monoisotopic (exact) mass is 267 g/mol. The summed E-state index contributed by atoms with van der Waals surface area (Å²) in [6.07, 6.45) is 10.8. The molecule has 1 saturated carbocycles. The van der Waals surface area contributed by atoms with Crippen molar-refractivity contribution in [1.29, 1.82) is 0 Å². The van der Waals surface area contributed by atoms with E-state index in [1.807, 2.05) is 11.3 Å². The maximum Gasteiger partial charge on any atom is 0.131 e. The Labute approximate surface area is 114 Å². The first-order valence-electron chi connectivity index (χ1n) is 7.43. The summed E-state index contributed by atoms with van der Waals surface area (Å²) in [5.74, 6) is 0.683. The van der Waals surface area contributed by atoms with E-state index < -0.39 is 0 Å². The first-order valence-corrected chi connectivity index (χ1v) is 8.24. The zero-order valence-corrected chi connectivity index (χ0v) is 12.3. The molecule has 2 rings (SSSR count). The van der Waals surface area contributed by atoms with E-state index in [4.69, 9.17) is 0 Å². The van der Waals surface area contributed by atoms with Crippen molar-refractivity contribution in [3.63, 3.8) is 0 Å². The third-order valence-corrected chi connectivity index (χ3v) is 4.73. The molecule has 1 aliphatic rings. The smallest absolute Gasteiger partial charge is 0.131 e. The van der Waals surface area contributed by atoms with Gasteiger partial charge in [-0.25, -0.2) is 0 Å². The molecular weight excluding hydrogens is 242 g/mol. The van der Waals surface area contributed by atoms with Crippen LogP contribution >= 0.6 is 11.3 Å². The van der Waals surface area contributed by atoms with Crippen LogP contribution in [0, 0.1) is 0 Å². The second-order valence-corrected chi connectivity index (χ2v) is 6.35. The second kappa shape index (κ2) is 7.85. The highest BCUT2D eigenvalue weighted by Crippen LogP contribution is 2.32. The fourth-order valence-corrected chi connectivity index (χ4v) is 3.56. The van der Waals surface area contributed by atoms with Gasteiger partial charge in [0.1, 0.15) is 10.0 Å². The largest absolute Gasteiger partial charge is 0.310 e. The number of aromatic nitrogens is 2. The summed E-state index contributed by atoms with van der Waals surface area (Å²) in [7, 11) is 0. The van der Waals surface area contributed by atoms with Crippen molar-refractivity contribution in [1.82, 2.24) is 15.5 Å². The van der Waals surface area contributed by atoms with Gasteiger partial charge in [-0.3, -0.25) is 0 Å². The molecule has 1 aliphatic carbocycles. The van der Waals surface area contributed by atoms with Gasteiger partial charge >= 0.3 is 0 Å². The maximum absolute atomic E-state index is 4.42. The Balaban J connectivity index is 1.86. The van der Waals surface area contributed by atoms with Crippen molar-refractivity contribution in [3.05, 3.63) is 10.0 Å². The lowest BCUT2D eigenvalue weighted by molar-refractivity contribution is 0.453. The van der Waals surface area contributed by atoms with Gasteiger partial charge < -0.3 is 5.32 Å². The van der Waals surface area contributed by atoms with Crippen LogP contribution in [0.25, 0.3) is 0 Å². The molecule has 3 nitrogen and oxygen atoms in total. The summed E-state index contributed by atoms with van der Waals surface area (Å²) in [5.41, 5.74) is 0. The van der Waals surface area contributed by atoms with E-state index >= 15 is 0 Å². The van der Waals surface area contributed by atoms with Crippen molar-refractivity contribution >= 4 is 11.3 Å². The van der Waals surface area contributed by atoms with Crippen molar-refractivity contribution in [3.8, 4) is 0 Å². The van der Waals surface area contributed by atoms with E-state index in [-0.39, 0.29) is 0 Å². The SMILES string of the molecule is CCCNCc1nnc(C2CCCCCCC2)s1. The van der Waals surface area contributed by atoms with E-state index in [1.54, 1.807) is 0 Å². The van der Waals surface area contributed by atoms with Gasteiger partial charge in [-0.1, -0.05) is 50.4 Å². The Morgan fingerprint density at radius 1 is 1.11 bits per heavy atom. The molecule has 18 heavy (non-hydrogen) atoms. The van der Waals surface area contributed by atoms with E-state index in [9.17, 15) is 0 Å². The fraction of sp³-hybridized carbons (Fsp3) is 0.857. The molecule has 1 N–H and O–H groups in total. The summed E-state index contributed by atoms with van der Waals surface area (Å²) in [5, 5.41) is 14.6. The summed E-state index contributed by atoms with van der Waals surface area (Å²) in [4.78, 5) is 0. The van der Waals surface area contributed by atoms with Gasteiger partial charge in [0.25, 0.3) is 0 Å². The molecule has 1 aromatic heterocycles. The van der Waals surface area contributed by atoms with Crippen LogP contribution in [0.15, 0.2) is 0 Å². The molecule has 1 heterocycles. The minimum atomic E-state index is 0.683. The lowest BCUT2D eigenvalue weighted by Crippen LogP contribution is -2.13. The van der Waals surface area contributed by atoms with Crippen LogP contribution in [0.5, 0.6) is 0 Å². The molecule has 0 aliphatic heterocycles. The highest BCUT2D eigenvalue weighted by atomic mass is 32.1. The Morgan fingerprint density at radius 2 is 1.83 bits per heavy atom. The zero-order chi connectivity index (χ0) is 12.6. The zero-order valence-electron chi connectivity index (χ0n) is 11.5. The first kappa shape index (κ1) is 13.9. The predicted molar refractivity (Wildman–Crippen MR) is 77.0 cm³/mol. The van der Waals surface area contributed by atoms with Crippen LogP contribution in [-0.2, 0) is 6.54 Å². The summed E-state index contributed by atoms with van der Waals surface area (Å²) < 4.78 is 0. The Kier molecular flexibility index (Phi) is 6.08. The summed E-state index contributed by atoms with van der Waals surface area (Å²) in [6.45, 7) is 4.14. The molecule has 0 bridgehead atoms. The topological polar surface area (TPSA) is 37.8 Å². The molecule has 0 spiro atoms. The van der Waals surface area contributed by atoms with Crippen molar-refractivity contribution in [2.45, 2.75) is 70.8 Å². The molecule has 102 valence electrons. The van der Waals surface area contributed by atoms with Gasteiger partial charge in [-0.2, -0.15) is 0 Å². The molecule has 0 amide bonds. The van der Waals surface area contributed by atoms with E-state index in [2.05, 4.69) is 22.4 Å². The molecular formula is C14H25N3S. The molecule has 0 atom stereocenters. The number of nitrogens with one attached hydrogen (secondary N) is 1. The van der Waals surface area contributed by atoms with Crippen molar-refractivity contribution in [2.75, 3.05) is 6.54 Å². The standard InChI is InChI=1S/C14H25N3S/c1-2-10-15-11-13-16-17-14(18-13)12-8-6-4-3-5-7-9-12/h12,15H,2-11H2,1H3. The molecule has 0 aromatic carbocycles. The van der Waals surface area contributed by atoms with Gasteiger partial charge in [0.15, 0.2) is 0 Å². The maximum atomic E-state index is 4.42. The van der Waals surface area contributed by atoms with Crippen LogP contribution < -0.4 is 5.32 Å². The van der Waals surface area contributed by atoms with Gasteiger partial charge in [-0.05, 0) is 25.8 Å². The normalized spacial score (nSPS) is 18.5. The number of nitrogens with zero attached hydrogens (tertiary/aromatic N) is 2. The molecule has 1 aromatic rings. The van der Waals surface area contributed by atoms with E-state index in [0.29, 0.717) is 5.92 Å².